The first kappa shape index (κ1) is 14.7. The number of hydrogen-bond acceptors (Lipinski definition) is 3. The minimum atomic E-state index is -0.241. The predicted octanol–water partition coefficient (Wildman–Crippen LogP) is 4.33. The molecule has 0 spiro atoms. The van der Waals surface area contributed by atoms with Crippen LogP contribution in [0.4, 0.5) is 5.69 Å². The number of nitrogens with one attached hydrogen (secondary N) is 1. The fraction of sp³-hybridized carbons (Fsp3) is 0.0833. The quantitative estimate of drug-likeness (QED) is 0.779. The summed E-state index contributed by atoms with van der Waals surface area (Å²) in [6, 6.07) is 4.96. The van der Waals surface area contributed by atoms with Crippen molar-refractivity contribution in [2.75, 3.05) is 5.73 Å². The van der Waals surface area contributed by atoms with Crippen molar-refractivity contribution in [1.82, 2.24) is 5.32 Å². The van der Waals surface area contributed by atoms with Crippen molar-refractivity contribution in [3.8, 4) is 0 Å². The lowest BCUT2D eigenvalue weighted by Crippen LogP contribution is -2.22. The zero-order valence-electron chi connectivity index (χ0n) is 9.54. The van der Waals surface area contributed by atoms with E-state index in [1.54, 1.807) is 11.3 Å². The molecule has 0 saturated carbocycles. The van der Waals surface area contributed by atoms with Gasteiger partial charge in [-0.15, -0.1) is 11.3 Å². The number of anilines is 1. The molecule has 0 saturated heterocycles. The average molecular weight is 380 g/mol. The lowest BCUT2D eigenvalue weighted by molar-refractivity contribution is 0.0951. The van der Waals surface area contributed by atoms with Gasteiger partial charge in [-0.05, 0) is 34.1 Å². The Kier molecular flexibility index (Phi) is 4.73. The molecule has 0 atom stereocenters. The van der Waals surface area contributed by atoms with Gasteiger partial charge in [0.2, 0.25) is 0 Å². The number of carbonyl (C=O) groups excluding carboxylic acids is 1. The largest absolute Gasteiger partial charge is 0.397 e. The van der Waals surface area contributed by atoms with Crippen LogP contribution in [0.5, 0.6) is 0 Å². The third-order valence-corrected chi connectivity index (χ3v) is 4.88. The summed E-state index contributed by atoms with van der Waals surface area (Å²) in [6.07, 6.45) is 0. The summed E-state index contributed by atoms with van der Waals surface area (Å²) in [7, 11) is 0. The SMILES string of the molecule is Nc1cc(C(=O)NCc2cc(Br)cs2)cc(Cl)c1Cl. The van der Waals surface area contributed by atoms with Crippen LogP contribution in [0.25, 0.3) is 0 Å². The molecule has 0 radical (unpaired) electrons. The molecule has 19 heavy (non-hydrogen) atoms. The number of halogens is 3. The predicted molar refractivity (Wildman–Crippen MR) is 84.1 cm³/mol. The number of amides is 1. The van der Waals surface area contributed by atoms with E-state index in [1.807, 2.05) is 11.4 Å². The van der Waals surface area contributed by atoms with Gasteiger partial charge in [-0.1, -0.05) is 23.2 Å². The zero-order chi connectivity index (χ0) is 14.0. The molecule has 2 rings (SSSR count). The highest BCUT2D eigenvalue weighted by Gasteiger charge is 2.11. The van der Waals surface area contributed by atoms with Gasteiger partial charge in [0.15, 0.2) is 0 Å². The molecular formula is C12H9BrCl2N2OS. The van der Waals surface area contributed by atoms with Crippen LogP contribution in [-0.2, 0) is 6.54 Å². The molecule has 3 nitrogen and oxygen atoms in total. The van der Waals surface area contributed by atoms with E-state index >= 15 is 0 Å². The van der Waals surface area contributed by atoms with Crippen molar-refractivity contribution in [3.05, 3.63) is 48.5 Å². The molecule has 1 aromatic carbocycles. The fourth-order valence-corrected chi connectivity index (χ4v) is 3.18. The van der Waals surface area contributed by atoms with Crippen LogP contribution in [0, 0.1) is 0 Å². The van der Waals surface area contributed by atoms with Gasteiger partial charge in [-0.3, -0.25) is 4.79 Å². The second-order valence-electron chi connectivity index (χ2n) is 3.78. The van der Waals surface area contributed by atoms with Crippen LogP contribution in [0.15, 0.2) is 28.1 Å². The highest BCUT2D eigenvalue weighted by Crippen LogP contribution is 2.29. The summed E-state index contributed by atoms with van der Waals surface area (Å²) < 4.78 is 1.00. The number of rotatable bonds is 3. The zero-order valence-corrected chi connectivity index (χ0v) is 13.5. The van der Waals surface area contributed by atoms with Crippen LogP contribution < -0.4 is 11.1 Å². The lowest BCUT2D eigenvalue weighted by Gasteiger charge is -2.07. The monoisotopic (exact) mass is 378 g/mol. The molecule has 0 fully saturated rings. The Hall–Kier alpha value is -0.750. The van der Waals surface area contributed by atoms with Gasteiger partial charge in [0, 0.05) is 20.3 Å². The summed E-state index contributed by atoms with van der Waals surface area (Å²) in [5, 5.41) is 5.29. The molecule has 0 unspecified atom stereocenters. The van der Waals surface area contributed by atoms with Gasteiger partial charge in [-0.25, -0.2) is 0 Å². The molecule has 0 aliphatic rings. The maximum Gasteiger partial charge on any atom is 0.251 e. The summed E-state index contributed by atoms with van der Waals surface area (Å²) >= 11 is 16.6. The molecule has 1 amide bonds. The van der Waals surface area contributed by atoms with Gasteiger partial charge in [0.25, 0.3) is 5.91 Å². The maximum atomic E-state index is 12.0. The molecule has 1 heterocycles. The summed E-state index contributed by atoms with van der Waals surface area (Å²) in [4.78, 5) is 13.0. The molecule has 0 aliphatic carbocycles. The molecule has 3 N–H and O–H groups in total. The van der Waals surface area contributed by atoms with Crippen molar-refractivity contribution in [2.45, 2.75) is 6.54 Å². The van der Waals surface area contributed by atoms with E-state index in [0.29, 0.717) is 12.1 Å². The van der Waals surface area contributed by atoms with E-state index in [-0.39, 0.29) is 21.6 Å². The third-order valence-electron chi connectivity index (χ3n) is 2.36. The highest BCUT2D eigenvalue weighted by atomic mass is 79.9. The van der Waals surface area contributed by atoms with Crippen LogP contribution in [0.2, 0.25) is 10.0 Å². The Morgan fingerprint density at radius 1 is 1.37 bits per heavy atom. The Bertz CT molecular complexity index is 607. The van der Waals surface area contributed by atoms with Gasteiger partial charge in [0.05, 0.1) is 22.3 Å². The third kappa shape index (κ3) is 3.63. The molecule has 0 aliphatic heterocycles. The Morgan fingerprint density at radius 2 is 2.11 bits per heavy atom. The maximum absolute atomic E-state index is 12.0. The lowest BCUT2D eigenvalue weighted by atomic mass is 10.2. The molecule has 7 heteroatoms. The van der Waals surface area contributed by atoms with E-state index in [0.717, 1.165) is 9.35 Å². The number of hydrogen-bond donors (Lipinski definition) is 2. The summed E-state index contributed by atoms with van der Waals surface area (Å²) in [6.45, 7) is 0.454. The van der Waals surface area contributed by atoms with E-state index in [2.05, 4.69) is 21.2 Å². The Morgan fingerprint density at radius 3 is 2.68 bits per heavy atom. The second kappa shape index (κ2) is 6.13. The first-order chi connectivity index (χ1) is 8.97. The van der Waals surface area contributed by atoms with E-state index in [1.165, 1.54) is 12.1 Å². The second-order valence-corrected chi connectivity index (χ2v) is 6.47. The molecule has 0 bridgehead atoms. The van der Waals surface area contributed by atoms with Crippen molar-refractivity contribution in [2.24, 2.45) is 0 Å². The Labute approximate surface area is 132 Å². The van der Waals surface area contributed by atoms with Crippen molar-refractivity contribution in [3.63, 3.8) is 0 Å². The van der Waals surface area contributed by atoms with Gasteiger partial charge >= 0.3 is 0 Å². The number of benzene rings is 1. The topological polar surface area (TPSA) is 55.1 Å². The van der Waals surface area contributed by atoms with Crippen molar-refractivity contribution in [1.29, 1.82) is 0 Å². The molecule has 1 aromatic heterocycles. The van der Waals surface area contributed by atoms with Crippen LogP contribution >= 0.6 is 50.5 Å². The normalized spacial score (nSPS) is 10.5. The first-order valence-corrected chi connectivity index (χ1v) is 7.66. The first-order valence-electron chi connectivity index (χ1n) is 5.23. The van der Waals surface area contributed by atoms with Gasteiger partial charge in [0.1, 0.15) is 0 Å². The smallest absolute Gasteiger partial charge is 0.251 e. The van der Waals surface area contributed by atoms with Crippen molar-refractivity contribution >= 4 is 62.1 Å². The minimum Gasteiger partial charge on any atom is -0.397 e. The summed E-state index contributed by atoms with van der Waals surface area (Å²) in [5.74, 6) is -0.241. The van der Waals surface area contributed by atoms with E-state index in [4.69, 9.17) is 28.9 Å². The Balaban J connectivity index is 2.08. The van der Waals surface area contributed by atoms with Crippen molar-refractivity contribution < 1.29 is 4.79 Å². The summed E-state index contributed by atoms with van der Waals surface area (Å²) in [5.41, 5.74) is 6.35. The van der Waals surface area contributed by atoms with Crippen LogP contribution in [0.1, 0.15) is 15.2 Å². The number of carbonyl (C=O) groups is 1. The highest BCUT2D eigenvalue weighted by molar-refractivity contribution is 9.10. The van der Waals surface area contributed by atoms with Crippen LogP contribution in [0.3, 0.4) is 0 Å². The standard InChI is InChI=1S/C12H9BrCl2N2OS/c13-7-3-8(19-5-7)4-17-12(18)6-1-9(14)11(15)10(16)2-6/h1-3,5H,4,16H2,(H,17,18). The van der Waals surface area contributed by atoms with Crippen LogP contribution in [-0.4, -0.2) is 5.91 Å². The van der Waals surface area contributed by atoms with E-state index < -0.39 is 0 Å². The number of nitrogen functional groups attached to an aromatic ring is 1. The molecular weight excluding hydrogens is 371 g/mol. The fourth-order valence-electron chi connectivity index (χ4n) is 1.46. The average Bonchev–Trinajstić information content (AvgIpc) is 2.78. The van der Waals surface area contributed by atoms with E-state index in [9.17, 15) is 4.79 Å². The number of nitrogens with two attached hydrogens (primary N) is 1. The van der Waals surface area contributed by atoms with Gasteiger partial charge < -0.3 is 11.1 Å². The number of thiophene rings is 1. The minimum absolute atomic E-state index is 0.241. The molecule has 100 valence electrons. The molecule has 2 aromatic rings. The van der Waals surface area contributed by atoms with Gasteiger partial charge in [-0.2, -0.15) is 0 Å².